The number of carboxylic acids is 2. The summed E-state index contributed by atoms with van der Waals surface area (Å²) in [6, 6.07) is 12.0. The maximum Gasteiger partial charge on any atom is 0.490 e. The third-order valence-corrected chi connectivity index (χ3v) is 15.4. The van der Waals surface area contributed by atoms with Gasteiger partial charge in [0.2, 0.25) is 0 Å². The quantitative estimate of drug-likeness (QED) is 0.0432. The molecule has 15 nitrogen and oxygen atoms in total. The maximum absolute atomic E-state index is 12.9. The van der Waals surface area contributed by atoms with Crippen molar-refractivity contribution < 1.29 is 84.3 Å². The van der Waals surface area contributed by atoms with Gasteiger partial charge in [0.1, 0.15) is 11.5 Å². The first-order valence-electron chi connectivity index (χ1n) is 24.8. The Kier molecular flexibility index (Phi) is 21.1. The van der Waals surface area contributed by atoms with Crippen molar-refractivity contribution in [1.82, 2.24) is 16.0 Å². The molecule has 4 aliphatic carbocycles. The summed E-state index contributed by atoms with van der Waals surface area (Å²) < 4.78 is 85.5. The van der Waals surface area contributed by atoms with Crippen LogP contribution in [0.15, 0.2) is 36.4 Å². The lowest BCUT2D eigenvalue weighted by molar-refractivity contribution is -0.193. The van der Waals surface area contributed by atoms with Crippen LogP contribution in [0.5, 0.6) is 11.5 Å². The van der Waals surface area contributed by atoms with Gasteiger partial charge in [0.15, 0.2) is 0 Å². The highest BCUT2D eigenvalue weighted by atomic mass is 19.4. The summed E-state index contributed by atoms with van der Waals surface area (Å²) >= 11 is 0. The number of carboxylic acid groups (broad SMARTS) is 2. The van der Waals surface area contributed by atoms with Crippen LogP contribution in [0.2, 0.25) is 0 Å². The van der Waals surface area contributed by atoms with E-state index in [1.54, 1.807) is 0 Å². The number of carbonyl (C=O) groups is 6. The van der Waals surface area contributed by atoms with Gasteiger partial charge in [-0.05, 0) is 186 Å². The Labute approximate surface area is 422 Å². The van der Waals surface area contributed by atoms with Crippen LogP contribution in [0.1, 0.15) is 133 Å². The lowest BCUT2D eigenvalue weighted by Crippen LogP contribution is -2.52. The molecule has 2 aromatic rings. The Bertz CT molecular complexity index is 2110. The van der Waals surface area contributed by atoms with Crippen LogP contribution in [0, 0.1) is 22.7 Å². The molecule has 408 valence electrons. The highest BCUT2D eigenvalue weighted by Crippen LogP contribution is 2.59. The van der Waals surface area contributed by atoms with E-state index >= 15 is 0 Å². The van der Waals surface area contributed by atoms with E-state index in [9.17, 15) is 45.5 Å². The number of aryl methyl sites for hydroxylation is 2. The van der Waals surface area contributed by atoms with Gasteiger partial charge >= 0.3 is 48.3 Å². The van der Waals surface area contributed by atoms with Crippen LogP contribution in [-0.4, -0.2) is 105 Å². The molecular weight excluding hydrogens is 973 g/mol. The summed E-state index contributed by atoms with van der Waals surface area (Å²) in [5, 5.41) is 24.0. The lowest BCUT2D eigenvalue weighted by atomic mass is 9.50. The number of hydrogen-bond acceptors (Lipinski definition) is 12. The molecule has 0 saturated heterocycles. The number of esters is 3. The molecular formula is C52H71F6N3O12. The van der Waals surface area contributed by atoms with E-state index < -0.39 is 41.2 Å². The third-order valence-electron chi connectivity index (χ3n) is 15.4. The summed E-state index contributed by atoms with van der Waals surface area (Å²) in [4.78, 5) is 69.0. The summed E-state index contributed by atoms with van der Waals surface area (Å²) in [7, 11) is 2.97. The predicted octanol–water partition coefficient (Wildman–Crippen LogP) is 9.14. The van der Waals surface area contributed by atoms with Crippen LogP contribution in [-0.2, 0) is 57.1 Å². The van der Waals surface area contributed by atoms with Crippen molar-refractivity contribution in [2.45, 2.75) is 147 Å². The number of nitrogens with one attached hydrogen (secondary N) is 3. The second-order valence-corrected chi connectivity index (χ2v) is 20.2. The van der Waals surface area contributed by atoms with E-state index in [0.29, 0.717) is 30.9 Å². The van der Waals surface area contributed by atoms with Crippen molar-refractivity contribution in [2.75, 3.05) is 46.9 Å². The third kappa shape index (κ3) is 15.3. The van der Waals surface area contributed by atoms with Gasteiger partial charge in [-0.3, -0.25) is 14.4 Å². The molecule has 0 aliphatic heterocycles. The summed E-state index contributed by atoms with van der Waals surface area (Å²) in [6.07, 6.45) is 2.58. The molecule has 0 aromatic heterocycles. The van der Waals surface area contributed by atoms with Gasteiger partial charge in [-0.25, -0.2) is 14.4 Å². The van der Waals surface area contributed by atoms with E-state index in [0.717, 1.165) is 110 Å². The first-order chi connectivity index (χ1) is 34.2. The zero-order chi connectivity index (χ0) is 54.4. The minimum absolute atomic E-state index is 0.116. The zero-order valence-electron chi connectivity index (χ0n) is 42.5. The lowest BCUT2D eigenvalue weighted by Gasteiger charge is -2.54. The maximum atomic E-state index is 12.9. The van der Waals surface area contributed by atoms with Gasteiger partial charge in [-0.2, -0.15) is 26.3 Å². The zero-order valence-corrected chi connectivity index (χ0v) is 42.5. The average molecular weight is 1040 g/mol. The fraction of sp³-hybridized carbons (Fsp3) is 0.654. The number of benzene rings is 2. The molecule has 0 bridgehead atoms. The fourth-order valence-electron chi connectivity index (χ4n) is 11.8. The Morgan fingerprint density at radius 1 is 0.589 bits per heavy atom. The molecule has 2 fully saturated rings. The Morgan fingerprint density at radius 2 is 0.986 bits per heavy atom. The Hall–Kier alpha value is -5.44. The number of aliphatic carboxylic acids is 2. The first kappa shape index (κ1) is 60.1. The number of methoxy groups -OCH3 is 2. The molecule has 0 heterocycles. The van der Waals surface area contributed by atoms with Crippen LogP contribution in [0.25, 0.3) is 0 Å². The number of hydrogen-bond donors (Lipinski definition) is 5. The van der Waals surface area contributed by atoms with Crippen molar-refractivity contribution in [3.63, 3.8) is 0 Å². The molecule has 6 rings (SSSR count). The number of rotatable bonds is 17. The van der Waals surface area contributed by atoms with Gasteiger partial charge < -0.3 is 45.1 Å². The van der Waals surface area contributed by atoms with Gasteiger partial charge in [-0.1, -0.05) is 38.8 Å². The topological polar surface area (TPSA) is 216 Å². The molecule has 73 heavy (non-hydrogen) atoms. The molecule has 2 aromatic carbocycles. The van der Waals surface area contributed by atoms with Crippen molar-refractivity contribution >= 4 is 35.9 Å². The van der Waals surface area contributed by atoms with Gasteiger partial charge in [0.25, 0.3) is 0 Å². The van der Waals surface area contributed by atoms with Gasteiger partial charge in [0.05, 0.1) is 25.0 Å². The minimum Gasteiger partial charge on any atom is -0.475 e. The minimum atomic E-state index is -5.08. The van der Waals surface area contributed by atoms with Crippen LogP contribution < -0.4 is 25.4 Å². The molecule has 1 amide bonds. The molecule has 2 saturated carbocycles. The number of carbonyl (C=O) groups excluding carboxylic acids is 4. The average Bonchev–Trinajstić information content (AvgIpc) is 3.32. The highest BCUT2D eigenvalue weighted by molar-refractivity contribution is 5.78. The molecule has 0 unspecified atom stereocenters. The molecule has 5 N–H and O–H groups in total. The van der Waals surface area contributed by atoms with Gasteiger partial charge in [0, 0.05) is 13.0 Å². The second-order valence-electron chi connectivity index (χ2n) is 20.2. The van der Waals surface area contributed by atoms with Crippen molar-refractivity contribution in [3.8, 4) is 11.5 Å². The predicted molar refractivity (Wildman–Crippen MR) is 255 cm³/mol. The van der Waals surface area contributed by atoms with Crippen LogP contribution in [0.4, 0.5) is 31.1 Å². The normalized spacial score (nSPS) is 24.9. The van der Waals surface area contributed by atoms with E-state index in [1.807, 2.05) is 24.3 Å². The molecule has 21 heteroatoms. The van der Waals surface area contributed by atoms with E-state index in [2.05, 4.69) is 55.8 Å². The number of unbranched alkanes of at least 4 members (excludes halogenated alkanes) is 1. The molecule has 4 aliphatic rings. The van der Waals surface area contributed by atoms with Crippen molar-refractivity contribution in [1.29, 1.82) is 0 Å². The molecule has 6 atom stereocenters. The number of ether oxygens (including phenoxy) is 4. The highest BCUT2D eigenvalue weighted by Gasteiger charge is 2.57. The standard InChI is InChI=1S/C48H69N3O8.2C2HF3O2/c1-45-22-10-24-47(3,42(53)56-5)39(45)20-16-33-14-18-35(31-37(33)45)58-41(52)13-9-28-49-26-7-8-27-50-29-12-30-51-44(55)59-36-19-15-34-17-21-40-46(2,38(34)32-36)23-11-25-48(40,4)43(54)57-6;2*3-2(4,5)1(6)7/h14-15,18-19,31-32,39-40,49-50H,7-13,16-17,20-30H2,1-6H3,(H,51,55);2*(H,6,7)/t39-,40-,45-,46-,47+,48+;;/m1../s1. The summed E-state index contributed by atoms with van der Waals surface area (Å²) in [5.74, 6) is -4.50. The monoisotopic (exact) mass is 1040 g/mol. The van der Waals surface area contributed by atoms with E-state index in [1.165, 1.54) is 36.5 Å². The largest absolute Gasteiger partial charge is 0.490 e. The SMILES string of the molecule is COC(=O)[C@@]1(C)CCC[C@]2(C)c3cc(OC(=O)CCCNCCCCNCCCNC(=O)Oc4ccc5c(c4)[C@@]4(C)CCC[C@](C)(C(=O)OC)[C@@H]4CC5)ccc3CC[C@@H]12.O=C(O)C(F)(F)F.O=C(O)C(F)(F)F. The molecule has 0 radical (unpaired) electrons. The van der Waals surface area contributed by atoms with Crippen molar-refractivity contribution in [2.24, 2.45) is 22.7 Å². The second kappa shape index (κ2) is 25.7. The summed E-state index contributed by atoms with van der Waals surface area (Å²) in [5.41, 5.74) is 3.61. The van der Waals surface area contributed by atoms with Crippen LogP contribution in [0.3, 0.4) is 0 Å². The number of amides is 1. The Balaban J connectivity index is 0.000000722. The van der Waals surface area contributed by atoms with Gasteiger partial charge in [-0.15, -0.1) is 0 Å². The summed E-state index contributed by atoms with van der Waals surface area (Å²) in [6.45, 7) is 12.5. The van der Waals surface area contributed by atoms with Crippen molar-refractivity contribution in [3.05, 3.63) is 58.7 Å². The van der Waals surface area contributed by atoms with E-state index in [4.69, 9.17) is 38.7 Å². The van der Waals surface area contributed by atoms with E-state index in [-0.39, 0.29) is 40.6 Å². The Morgan fingerprint density at radius 3 is 1.40 bits per heavy atom. The molecule has 0 spiro atoms. The fourth-order valence-corrected chi connectivity index (χ4v) is 11.8. The number of alkyl halides is 6. The number of halogens is 6. The van der Waals surface area contributed by atoms with Crippen LogP contribution >= 0.6 is 0 Å². The number of fused-ring (bicyclic) bond motifs is 6. The first-order valence-corrected chi connectivity index (χ1v) is 24.8. The smallest absolute Gasteiger partial charge is 0.475 e.